The summed E-state index contributed by atoms with van der Waals surface area (Å²) in [5.74, 6) is 0.664. The van der Waals surface area contributed by atoms with E-state index in [4.69, 9.17) is 11.6 Å². The van der Waals surface area contributed by atoms with Gasteiger partial charge >= 0.3 is 0 Å². The second-order valence-electron chi connectivity index (χ2n) is 5.63. The third-order valence-corrected chi connectivity index (χ3v) is 4.60. The van der Waals surface area contributed by atoms with Crippen LogP contribution in [-0.4, -0.2) is 38.1 Å². The van der Waals surface area contributed by atoms with E-state index in [0.717, 1.165) is 32.1 Å². The van der Waals surface area contributed by atoms with Gasteiger partial charge in [-0.1, -0.05) is 17.7 Å². The zero-order valence-electron chi connectivity index (χ0n) is 12.6. The maximum atomic E-state index is 13.7. The molecule has 1 aromatic carbocycles. The van der Waals surface area contributed by atoms with Crippen molar-refractivity contribution in [3.8, 4) is 0 Å². The number of piperidine rings is 1. The predicted molar refractivity (Wildman–Crippen MR) is 90.1 cm³/mol. The number of rotatable bonds is 6. The lowest BCUT2D eigenvalue weighted by atomic mass is 9.93. The molecule has 1 aromatic rings. The molecule has 1 N–H and O–H groups in total. The Hall–Kier alpha value is -0.350. The van der Waals surface area contributed by atoms with Crippen LogP contribution in [0.25, 0.3) is 0 Å². The Kier molecular flexibility index (Phi) is 8.57. The van der Waals surface area contributed by atoms with Crippen LogP contribution in [0.15, 0.2) is 18.2 Å². The number of nitrogens with one attached hydrogen (secondary N) is 1. The van der Waals surface area contributed by atoms with Gasteiger partial charge in [0, 0.05) is 17.1 Å². The van der Waals surface area contributed by atoms with Gasteiger partial charge in [-0.3, -0.25) is 0 Å². The highest BCUT2D eigenvalue weighted by Gasteiger charge is 2.19. The van der Waals surface area contributed by atoms with Crippen LogP contribution in [0.4, 0.5) is 4.39 Å². The summed E-state index contributed by atoms with van der Waals surface area (Å²) in [5, 5.41) is 3.77. The van der Waals surface area contributed by atoms with Crippen molar-refractivity contribution in [3.05, 3.63) is 34.6 Å². The molecule has 1 heterocycles. The molecule has 1 aliphatic rings. The third-order valence-electron chi connectivity index (χ3n) is 4.25. The maximum Gasteiger partial charge on any atom is 0.127 e. The van der Waals surface area contributed by atoms with Crippen LogP contribution in [0.5, 0.6) is 0 Å². The molecule has 0 radical (unpaired) electrons. The fraction of sp³-hybridized carbons (Fsp3) is 0.625. The highest BCUT2D eigenvalue weighted by atomic mass is 35.5. The van der Waals surface area contributed by atoms with Gasteiger partial charge in [-0.2, -0.15) is 0 Å². The Morgan fingerprint density at radius 3 is 2.67 bits per heavy atom. The summed E-state index contributed by atoms with van der Waals surface area (Å²) in [6, 6.07) is 4.92. The van der Waals surface area contributed by atoms with Crippen molar-refractivity contribution in [1.29, 1.82) is 0 Å². The molecule has 5 heteroatoms. The van der Waals surface area contributed by atoms with E-state index in [1.54, 1.807) is 12.1 Å². The summed E-state index contributed by atoms with van der Waals surface area (Å²) < 4.78 is 13.7. The molecule has 21 heavy (non-hydrogen) atoms. The second kappa shape index (κ2) is 9.62. The van der Waals surface area contributed by atoms with Crippen LogP contribution in [0, 0.1) is 11.7 Å². The summed E-state index contributed by atoms with van der Waals surface area (Å²) >= 11 is 6.06. The molecule has 1 aliphatic heterocycles. The monoisotopic (exact) mass is 334 g/mol. The first-order valence-electron chi connectivity index (χ1n) is 7.50. The molecule has 0 atom stereocenters. The van der Waals surface area contributed by atoms with Gasteiger partial charge < -0.3 is 10.2 Å². The minimum Gasteiger partial charge on any atom is -0.320 e. The Bertz CT molecular complexity index is 400. The molecule has 1 saturated heterocycles. The zero-order chi connectivity index (χ0) is 14.4. The van der Waals surface area contributed by atoms with E-state index in [1.165, 1.54) is 25.3 Å². The van der Waals surface area contributed by atoms with Crippen molar-refractivity contribution in [2.24, 2.45) is 5.92 Å². The highest BCUT2D eigenvalue weighted by molar-refractivity contribution is 6.31. The van der Waals surface area contributed by atoms with E-state index >= 15 is 0 Å². The molecule has 0 bridgehead atoms. The molecule has 0 aliphatic carbocycles. The van der Waals surface area contributed by atoms with Gasteiger partial charge in [0.1, 0.15) is 5.82 Å². The van der Waals surface area contributed by atoms with Crippen molar-refractivity contribution < 1.29 is 4.39 Å². The third kappa shape index (κ3) is 5.74. The SMILES string of the molecule is CNCCC1CCN(CCc2c(F)cccc2Cl)CC1.Cl. The van der Waals surface area contributed by atoms with Gasteiger partial charge in [0.15, 0.2) is 0 Å². The van der Waals surface area contributed by atoms with E-state index in [2.05, 4.69) is 10.2 Å². The molecule has 120 valence electrons. The van der Waals surface area contributed by atoms with Crippen molar-refractivity contribution in [1.82, 2.24) is 10.2 Å². The Labute approximate surface area is 138 Å². The summed E-state index contributed by atoms with van der Waals surface area (Å²) in [7, 11) is 2.01. The Balaban J connectivity index is 0.00000220. The van der Waals surface area contributed by atoms with Crippen LogP contribution in [0.2, 0.25) is 5.02 Å². The standard InChI is InChI=1S/C16H24ClFN2.ClH/c1-19-9-5-13-6-10-20(11-7-13)12-8-14-15(17)3-2-4-16(14)18;/h2-4,13,19H,5-12H2,1H3;1H. The summed E-state index contributed by atoms with van der Waals surface area (Å²) in [6.07, 6.45) is 4.48. The van der Waals surface area contributed by atoms with E-state index in [9.17, 15) is 4.39 Å². The smallest absolute Gasteiger partial charge is 0.127 e. The summed E-state index contributed by atoms with van der Waals surface area (Å²) in [5.41, 5.74) is 0.659. The lowest BCUT2D eigenvalue weighted by Crippen LogP contribution is -2.35. The number of hydrogen-bond acceptors (Lipinski definition) is 2. The topological polar surface area (TPSA) is 15.3 Å². The largest absolute Gasteiger partial charge is 0.320 e. The molecule has 2 nitrogen and oxygen atoms in total. The fourth-order valence-corrected chi connectivity index (χ4v) is 3.15. The predicted octanol–water partition coefficient (Wildman–Crippen LogP) is 3.76. The van der Waals surface area contributed by atoms with Gasteiger partial charge in [-0.25, -0.2) is 4.39 Å². The second-order valence-corrected chi connectivity index (χ2v) is 6.03. The maximum absolute atomic E-state index is 13.7. The average molecular weight is 335 g/mol. The molecule has 0 amide bonds. The number of hydrogen-bond donors (Lipinski definition) is 1. The summed E-state index contributed by atoms with van der Waals surface area (Å²) in [6.45, 7) is 4.26. The molecule has 0 unspecified atom stereocenters. The van der Waals surface area contributed by atoms with Gasteiger partial charge in [0.25, 0.3) is 0 Å². The van der Waals surface area contributed by atoms with Gasteiger partial charge in [0.2, 0.25) is 0 Å². The van der Waals surface area contributed by atoms with Crippen molar-refractivity contribution in [2.75, 3.05) is 33.2 Å². The van der Waals surface area contributed by atoms with Crippen molar-refractivity contribution in [3.63, 3.8) is 0 Å². The lowest BCUT2D eigenvalue weighted by molar-refractivity contribution is 0.180. The fourth-order valence-electron chi connectivity index (χ4n) is 2.89. The van der Waals surface area contributed by atoms with E-state index in [-0.39, 0.29) is 18.2 Å². The minimum atomic E-state index is -0.179. The molecular weight excluding hydrogens is 310 g/mol. The number of halogens is 3. The molecule has 0 spiro atoms. The van der Waals surface area contributed by atoms with Crippen molar-refractivity contribution in [2.45, 2.75) is 25.7 Å². The summed E-state index contributed by atoms with van der Waals surface area (Å²) in [4.78, 5) is 2.43. The van der Waals surface area contributed by atoms with Gasteiger partial charge in [-0.15, -0.1) is 12.4 Å². The lowest BCUT2D eigenvalue weighted by Gasteiger charge is -2.32. The first-order chi connectivity index (χ1) is 9.70. The van der Waals surface area contributed by atoms with Crippen LogP contribution in [0.3, 0.4) is 0 Å². The van der Waals surface area contributed by atoms with Crippen molar-refractivity contribution >= 4 is 24.0 Å². The molecule has 0 saturated carbocycles. The zero-order valence-corrected chi connectivity index (χ0v) is 14.2. The molecule has 1 fully saturated rings. The molecular formula is C16H25Cl2FN2. The van der Waals surface area contributed by atoms with Gasteiger partial charge in [-0.05, 0) is 70.4 Å². The number of likely N-dealkylation sites (tertiary alicyclic amines) is 1. The van der Waals surface area contributed by atoms with Crippen LogP contribution >= 0.6 is 24.0 Å². The highest BCUT2D eigenvalue weighted by Crippen LogP contribution is 2.22. The van der Waals surface area contributed by atoms with E-state index in [0.29, 0.717) is 17.0 Å². The molecule has 2 rings (SSSR count). The van der Waals surface area contributed by atoms with Crippen LogP contribution in [0.1, 0.15) is 24.8 Å². The molecule has 0 aromatic heterocycles. The number of nitrogens with zero attached hydrogens (tertiary/aromatic N) is 1. The van der Waals surface area contributed by atoms with E-state index in [1.807, 2.05) is 7.05 Å². The normalized spacial score (nSPS) is 16.7. The van der Waals surface area contributed by atoms with Crippen LogP contribution in [-0.2, 0) is 6.42 Å². The first-order valence-corrected chi connectivity index (χ1v) is 7.88. The van der Waals surface area contributed by atoms with Crippen LogP contribution < -0.4 is 5.32 Å². The Morgan fingerprint density at radius 2 is 2.05 bits per heavy atom. The minimum absolute atomic E-state index is 0. The number of benzene rings is 1. The van der Waals surface area contributed by atoms with E-state index < -0.39 is 0 Å². The first kappa shape index (κ1) is 18.7. The average Bonchev–Trinajstić information content (AvgIpc) is 2.46. The quantitative estimate of drug-likeness (QED) is 0.851. The van der Waals surface area contributed by atoms with Gasteiger partial charge in [0.05, 0.1) is 0 Å². The Morgan fingerprint density at radius 1 is 1.33 bits per heavy atom.